The monoisotopic (exact) mass is 240 g/mol. The molecule has 0 heterocycles. The Morgan fingerprint density at radius 3 is 2.28 bits per heavy atom. The Labute approximate surface area is 110 Å². The van der Waals surface area contributed by atoms with Crippen molar-refractivity contribution in [2.75, 3.05) is 0 Å². The molecule has 1 nitrogen and oxygen atoms in total. The van der Waals surface area contributed by atoms with Crippen LogP contribution in [-0.2, 0) is 11.2 Å². The van der Waals surface area contributed by atoms with Crippen LogP contribution in [0.2, 0.25) is 0 Å². The van der Waals surface area contributed by atoms with Crippen molar-refractivity contribution >= 4 is 5.78 Å². The Morgan fingerprint density at radius 1 is 1.17 bits per heavy atom. The Morgan fingerprint density at radius 2 is 1.78 bits per heavy atom. The number of benzene rings is 1. The molecular formula is C17H20O. The smallest absolute Gasteiger partial charge is 0.141 e. The number of ketones is 1. The zero-order valence-corrected chi connectivity index (χ0v) is 11.1. The van der Waals surface area contributed by atoms with Gasteiger partial charge in [-0.3, -0.25) is 4.79 Å². The lowest BCUT2D eigenvalue weighted by atomic mass is 10.0. The highest BCUT2D eigenvalue weighted by atomic mass is 16.1. The molecule has 0 unspecified atom stereocenters. The van der Waals surface area contributed by atoms with Gasteiger partial charge >= 0.3 is 0 Å². The highest BCUT2D eigenvalue weighted by Crippen LogP contribution is 2.08. The zero-order valence-electron chi connectivity index (χ0n) is 11.1. The minimum atomic E-state index is 0.261. The molecule has 0 amide bonds. The summed E-state index contributed by atoms with van der Waals surface area (Å²) in [6, 6.07) is 9.87. The second-order valence-electron chi connectivity index (χ2n) is 3.74. The van der Waals surface area contributed by atoms with Crippen LogP contribution in [0.15, 0.2) is 54.1 Å². The van der Waals surface area contributed by atoms with E-state index in [4.69, 9.17) is 0 Å². The maximum atomic E-state index is 11.8. The van der Waals surface area contributed by atoms with E-state index in [0.29, 0.717) is 12.8 Å². The first-order valence-corrected chi connectivity index (χ1v) is 5.93. The van der Waals surface area contributed by atoms with Gasteiger partial charge < -0.3 is 0 Å². The number of hydrogen-bond acceptors (Lipinski definition) is 1. The lowest BCUT2D eigenvalue weighted by Crippen LogP contribution is -2.03. The summed E-state index contributed by atoms with van der Waals surface area (Å²) in [5, 5.41) is 0. The van der Waals surface area contributed by atoms with Crippen molar-refractivity contribution in [3.8, 4) is 12.8 Å². The molecule has 0 aliphatic heterocycles. The molecule has 0 aromatic heterocycles. The van der Waals surface area contributed by atoms with E-state index in [9.17, 15) is 4.79 Å². The lowest BCUT2D eigenvalue weighted by molar-refractivity contribution is -0.117. The van der Waals surface area contributed by atoms with Gasteiger partial charge in [0.1, 0.15) is 5.78 Å². The average molecular weight is 240 g/mol. The third-order valence-electron chi connectivity index (χ3n) is 2.40. The minimum absolute atomic E-state index is 0.261. The molecule has 1 heteroatoms. The fourth-order valence-electron chi connectivity index (χ4n) is 1.58. The van der Waals surface area contributed by atoms with Crippen LogP contribution in [0.3, 0.4) is 0 Å². The third-order valence-corrected chi connectivity index (χ3v) is 2.40. The quantitative estimate of drug-likeness (QED) is 0.562. The molecule has 0 N–H and O–H groups in total. The maximum Gasteiger partial charge on any atom is 0.141 e. The Hall–Kier alpha value is -2.07. The number of carbonyl (C=O) groups excluding carboxylic acids is 1. The van der Waals surface area contributed by atoms with Gasteiger partial charge in [0, 0.05) is 12.8 Å². The molecule has 0 saturated carbocycles. The molecule has 0 aliphatic carbocycles. The van der Waals surface area contributed by atoms with Crippen molar-refractivity contribution < 1.29 is 4.79 Å². The van der Waals surface area contributed by atoms with Gasteiger partial charge in [0.05, 0.1) is 0 Å². The first-order valence-electron chi connectivity index (χ1n) is 5.93. The third kappa shape index (κ3) is 6.50. The Kier molecular flexibility index (Phi) is 8.95. The predicted molar refractivity (Wildman–Crippen MR) is 78.2 cm³/mol. The van der Waals surface area contributed by atoms with E-state index in [1.165, 1.54) is 0 Å². The molecule has 1 aromatic carbocycles. The second-order valence-corrected chi connectivity index (χ2v) is 3.74. The number of Topliss-reactive ketones (excluding diaryl/α,β-unsaturated/α-hetero) is 1. The molecule has 0 saturated heterocycles. The average Bonchev–Trinajstić information content (AvgIpc) is 2.41. The summed E-state index contributed by atoms with van der Waals surface area (Å²) in [6.07, 6.45) is 15.0. The lowest BCUT2D eigenvalue weighted by Gasteiger charge is -2.02. The van der Waals surface area contributed by atoms with E-state index in [1.54, 1.807) is 0 Å². The summed E-state index contributed by atoms with van der Waals surface area (Å²) in [5.74, 6) is 0.261. The molecule has 0 aliphatic rings. The molecule has 1 aromatic rings. The Balaban J connectivity index is 0.00000137. The highest BCUT2D eigenvalue weighted by Gasteiger charge is 2.04. The van der Waals surface area contributed by atoms with Gasteiger partial charge in [-0.15, -0.1) is 12.8 Å². The SMILES string of the molecule is C#C.C/C=C\C(=C/C)CC(=O)Cc1ccccc1. The molecule has 94 valence electrons. The van der Waals surface area contributed by atoms with Crippen molar-refractivity contribution in [1.29, 1.82) is 0 Å². The molecule has 0 bridgehead atoms. The molecule has 1 rings (SSSR count). The number of allylic oxidation sites excluding steroid dienone is 4. The van der Waals surface area contributed by atoms with Crippen LogP contribution in [0, 0.1) is 12.8 Å². The minimum Gasteiger partial charge on any atom is -0.299 e. The topological polar surface area (TPSA) is 17.1 Å². The van der Waals surface area contributed by atoms with E-state index >= 15 is 0 Å². The summed E-state index contributed by atoms with van der Waals surface area (Å²) >= 11 is 0. The van der Waals surface area contributed by atoms with E-state index in [-0.39, 0.29) is 5.78 Å². The molecular weight excluding hydrogens is 220 g/mol. The van der Waals surface area contributed by atoms with E-state index in [2.05, 4.69) is 12.8 Å². The van der Waals surface area contributed by atoms with Gasteiger partial charge in [0.25, 0.3) is 0 Å². The summed E-state index contributed by atoms with van der Waals surface area (Å²) in [7, 11) is 0. The molecule has 0 fully saturated rings. The first-order chi connectivity index (χ1) is 8.76. The molecule has 0 radical (unpaired) electrons. The van der Waals surface area contributed by atoms with Gasteiger partial charge in [-0.2, -0.15) is 0 Å². The van der Waals surface area contributed by atoms with Crippen LogP contribution in [-0.4, -0.2) is 5.78 Å². The number of rotatable bonds is 5. The first kappa shape index (κ1) is 15.9. The van der Waals surface area contributed by atoms with Crippen LogP contribution in [0.4, 0.5) is 0 Å². The standard InChI is InChI=1S/C15H18O.C2H2/c1-3-8-13(4-2)11-15(16)12-14-9-6-5-7-10-14;1-2/h3-10H,11-12H2,1-2H3;1-2H/b8-3-,13-4+;. The fraction of sp³-hybridized carbons (Fsp3) is 0.235. The number of hydrogen-bond donors (Lipinski definition) is 0. The van der Waals surface area contributed by atoms with E-state index in [1.807, 2.05) is 62.4 Å². The van der Waals surface area contributed by atoms with Crippen molar-refractivity contribution in [3.63, 3.8) is 0 Å². The van der Waals surface area contributed by atoms with Crippen LogP contribution in [0.25, 0.3) is 0 Å². The van der Waals surface area contributed by atoms with Crippen molar-refractivity contribution in [3.05, 3.63) is 59.7 Å². The van der Waals surface area contributed by atoms with Gasteiger partial charge in [0.2, 0.25) is 0 Å². The van der Waals surface area contributed by atoms with Gasteiger partial charge in [-0.05, 0) is 25.0 Å². The normalized spacial score (nSPS) is 10.8. The van der Waals surface area contributed by atoms with Gasteiger partial charge in [-0.25, -0.2) is 0 Å². The summed E-state index contributed by atoms with van der Waals surface area (Å²) in [5.41, 5.74) is 2.17. The van der Waals surface area contributed by atoms with Crippen LogP contribution >= 0.6 is 0 Å². The number of carbonyl (C=O) groups is 1. The van der Waals surface area contributed by atoms with Crippen LogP contribution in [0.1, 0.15) is 25.8 Å². The summed E-state index contributed by atoms with van der Waals surface area (Å²) in [6.45, 7) is 3.93. The van der Waals surface area contributed by atoms with Crippen molar-refractivity contribution in [2.24, 2.45) is 0 Å². The van der Waals surface area contributed by atoms with Crippen molar-refractivity contribution in [2.45, 2.75) is 26.7 Å². The van der Waals surface area contributed by atoms with Crippen LogP contribution < -0.4 is 0 Å². The van der Waals surface area contributed by atoms with Gasteiger partial charge in [-0.1, -0.05) is 48.6 Å². The highest BCUT2D eigenvalue weighted by molar-refractivity contribution is 5.83. The molecule has 0 atom stereocenters. The summed E-state index contributed by atoms with van der Waals surface area (Å²) in [4.78, 5) is 11.8. The van der Waals surface area contributed by atoms with Crippen LogP contribution in [0.5, 0.6) is 0 Å². The molecule has 18 heavy (non-hydrogen) atoms. The zero-order chi connectivity index (χ0) is 13.8. The van der Waals surface area contributed by atoms with E-state index < -0.39 is 0 Å². The van der Waals surface area contributed by atoms with Gasteiger partial charge in [0.15, 0.2) is 0 Å². The number of terminal acetylenes is 1. The van der Waals surface area contributed by atoms with E-state index in [0.717, 1.165) is 11.1 Å². The Bertz CT molecular complexity index is 421. The maximum absolute atomic E-state index is 11.8. The largest absolute Gasteiger partial charge is 0.299 e. The summed E-state index contributed by atoms with van der Waals surface area (Å²) < 4.78 is 0. The fourth-order valence-corrected chi connectivity index (χ4v) is 1.58. The van der Waals surface area contributed by atoms with Crippen molar-refractivity contribution in [1.82, 2.24) is 0 Å². The predicted octanol–water partition coefficient (Wildman–Crippen LogP) is 3.96. The molecule has 0 spiro atoms. The second kappa shape index (κ2) is 10.1.